The SMILES string of the molecule is Cc1cc(NC(=O)CCN2C(=O)c3ccccc3N3C(=O)CCC23C)n(CCC#N)n1. The quantitative estimate of drug-likeness (QED) is 0.771. The second-order valence-electron chi connectivity index (χ2n) is 8.02. The summed E-state index contributed by atoms with van der Waals surface area (Å²) in [5, 5.41) is 15.9. The number of fused-ring (bicyclic) bond motifs is 3. The minimum Gasteiger partial charge on any atom is -0.315 e. The highest BCUT2D eigenvalue weighted by atomic mass is 16.2. The van der Waals surface area contributed by atoms with E-state index in [1.165, 1.54) is 0 Å². The number of nitrogens with one attached hydrogen (secondary N) is 1. The first-order chi connectivity index (χ1) is 14.8. The fraction of sp³-hybridized carbons (Fsp3) is 0.409. The van der Waals surface area contributed by atoms with E-state index in [0.29, 0.717) is 36.5 Å². The van der Waals surface area contributed by atoms with Gasteiger partial charge in [-0.2, -0.15) is 10.4 Å². The Bertz CT molecular complexity index is 1100. The number of carbonyl (C=O) groups is 3. The molecule has 1 atom stereocenters. The van der Waals surface area contributed by atoms with Crippen LogP contribution < -0.4 is 10.2 Å². The summed E-state index contributed by atoms with van der Waals surface area (Å²) in [6.45, 7) is 4.26. The molecule has 1 aromatic carbocycles. The minimum absolute atomic E-state index is 0.0197. The molecule has 4 rings (SSSR count). The van der Waals surface area contributed by atoms with Crippen molar-refractivity contribution in [2.45, 2.75) is 51.7 Å². The largest absolute Gasteiger partial charge is 0.315 e. The number of aromatic nitrogens is 2. The van der Waals surface area contributed by atoms with Crippen molar-refractivity contribution in [1.82, 2.24) is 14.7 Å². The van der Waals surface area contributed by atoms with Crippen LogP contribution in [0.2, 0.25) is 0 Å². The number of hydrogen-bond donors (Lipinski definition) is 1. The molecule has 1 fully saturated rings. The van der Waals surface area contributed by atoms with Crippen molar-refractivity contribution < 1.29 is 14.4 Å². The third kappa shape index (κ3) is 3.54. The number of rotatable bonds is 6. The van der Waals surface area contributed by atoms with Gasteiger partial charge in [-0.15, -0.1) is 0 Å². The predicted molar refractivity (Wildman–Crippen MR) is 113 cm³/mol. The zero-order valence-corrected chi connectivity index (χ0v) is 17.6. The van der Waals surface area contributed by atoms with Gasteiger partial charge >= 0.3 is 0 Å². The van der Waals surface area contributed by atoms with Crippen molar-refractivity contribution in [3.05, 3.63) is 41.6 Å². The van der Waals surface area contributed by atoms with Gasteiger partial charge in [0.05, 0.1) is 36.0 Å². The van der Waals surface area contributed by atoms with Crippen LogP contribution in [-0.4, -0.2) is 44.6 Å². The lowest BCUT2D eigenvalue weighted by atomic mass is 9.98. The number of para-hydroxylation sites is 1. The Morgan fingerprint density at radius 2 is 2.06 bits per heavy atom. The van der Waals surface area contributed by atoms with E-state index in [1.807, 2.05) is 19.9 Å². The van der Waals surface area contributed by atoms with Gasteiger partial charge in [-0.1, -0.05) is 12.1 Å². The molecule has 0 aliphatic carbocycles. The standard InChI is InChI=1S/C22H24N6O3/c1-15-14-18(27(25-15)12-5-11-23)24-19(29)9-13-26-21(31)16-6-3-4-7-17(16)28-20(30)8-10-22(26,28)2/h3-4,6-7,14H,5,8-10,12-13H2,1-2H3,(H,24,29). The van der Waals surface area contributed by atoms with Crippen LogP contribution in [0, 0.1) is 18.3 Å². The normalized spacial score (nSPS) is 19.8. The van der Waals surface area contributed by atoms with Crippen LogP contribution in [-0.2, 0) is 16.1 Å². The second-order valence-corrected chi connectivity index (χ2v) is 8.02. The van der Waals surface area contributed by atoms with Crippen molar-refractivity contribution >= 4 is 29.2 Å². The smallest absolute Gasteiger partial charge is 0.257 e. The Morgan fingerprint density at radius 1 is 1.29 bits per heavy atom. The van der Waals surface area contributed by atoms with Crippen LogP contribution in [0.15, 0.2) is 30.3 Å². The minimum atomic E-state index is -0.784. The van der Waals surface area contributed by atoms with Gasteiger partial charge in [0.25, 0.3) is 5.91 Å². The molecule has 2 aromatic rings. The van der Waals surface area contributed by atoms with Crippen LogP contribution in [0.3, 0.4) is 0 Å². The topological polar surface area (TPSA) is 111 Å². The van der Waals surface area contributed by atoms with E-state index in [4.69, 9.17) is 5.26 Å². The first-order valence-electron chi connectivity index (χ1n) is 10.3. The van der Waals surface area contributed by atoms with Crippen molar-refractivity contribution in [2.75, 3.05) is 16.8 Å². The molecule has 1 unspecified atom stereocenters. The van der Waals surface area contributed by atoms with Gasteiger partial charge in [-0.25, -0.2) is 4.68 Å². The molecular formula is C22H24N6O3. The highest BCUT2D eigenvalue weighted by Crippen LogP contribution is 2.43. The summed E-state index contributed by atoms with van der Waals surface area (Å²) in [4.78, 5) is 41.8. The number of carbonyl (C=O) groups excluding carboxylic acids is 3. The van der Waals surface area contributed by atoms with Crippen LogP contribution in [0.1, 0.15) is 48.7 Å². The van der Waals surface area contributed by atoms with Crippen LogP contribution in [0.5, 0.6) is 0 Å². The molecule has 31 heavy (non-hydrogen) atoms. The molecule has 0 saturated carbocycles. The number of hydrogen-bond acceptors (Lipinski definition) is 5. The average molecular weight is 420 g/mol. The molecule has 1 aromatic heterocycles. The Hall–Kier alpha value is -3.67. The molecular weight excluding hydrogens is 396 g/mol. The first-order valence-corrected chi connectivity index (χ1v) is 10.3. The highest BCUT2D eigenvalue weighted by Gasteiger charge is 2.52. The molecule has 2 aliphatic rings. The number of benzene rings is 1. The maximum atomic E-state index is 13.2. The van der Waals surface area contributed by atoms with E-state index < -0.39 is 5.66 Å². The van der Waals surface area contributed by atoms with E-state index in [0.717, 1.165) is 5.69 Å². The summed E-state index contributed by atoms with van der Waals surface area (Å²) in [6.07, 6.45) is 1.24. The Kier molecular flexibility index (Phi) is 5.23. The monoisotopic (exact) mass is 420 g/mol. The molecule has 160 valence electrons. The maximum absolute atomic E-state index is 13.2. The number of aryl methyl sites for hydroxylation is 2. The molecule has 0 bridgehead atoms. The van der Waals surface area contributed by atoms with Crippen molar-refractivity contribution in [3.63, 3.8) is 0 Å². The Morgan fingerprint density at radius 3 is 2.84 bits per heavy atom. The zero-order valence-electron chi connectivity index (χ0n) is 17.6. The molecule has 2 aliphatic heterocycles. The number of amides is 3. The van der Waals surface area contributed by atoms with Gasteiger partial charge in [0.15, 0.2) is 0 Å². The van der Waals surface area contributed by atoms with Crippen LogP contribution in [0.25, 0.3) is 0 Å². The van der Waals surface area contributed by atoms with E-state index in [2.05, 4.69) is 16.5 Å². The lowest BCUT2D eigenvalue weighted by Crippen LogP contribution is -2.62. The summed E-state index contributed by atoms with van der Waals surface area (Å²) < 4.78 is 1.59. The Balaban J connectivity index is 1.51. The van der Waals surface area contributed by atoms with E-state index >= 15 is 0 Å². The predicted octanol–water partition coefficient (Wildman–Crippen LogP) is 2.43. The third-order valence-electron chi connectivity index (χ3n) is 5.91. The zero-order chi connectivity index (χ0) is 22.2. The average Bonchev–Trinajstić information content (AvgIpc) is 3.24. The summed E-state index contributed by atoms with van der Waals surface area (Å²) in [7, 11) is 0. The molecule has 3 heterocycles. The molecule has 3 amide bonds. The van der Waals surface area contributed by atoms with Gasteiger partial charge in [-0.05, 0) is 32.4 Å². The second kappa shape index (κ2) is 7.87. The number of nitrogens with zero attached hydrogens (tertiary/aromatic N) is 5. The Labute approximate surface area is 180 Å². The van der Waals surface area contributed by atoms with Crippen molar-refractivity contribution in [3.8, 4) is 6.07 Å². The summed E-state index contributed by atoms with van der Waals surface area (Å²) >= 11 is 0. The summed E-state index contributed by atoms with van der Waals surface area (Å²) in [5.41, 5.74) is 1.06. The van der Waals surface area contributed by atoms with E-state index in [9.17, 15) is 14.4 Å². The first kappa shape index (κ1) is 20.6. The third-order valence-corrected chi connectivity index (χ3v) is 5.91. The highest BCUT2D eigenvalue weighted by molar-refractivity contribution is 6.10. The van der Waals surface area contributed by atoms with Crippen molar-refractivity contribution in [2.24, 2.45) is 0 Å². The lowest BCUT2D eigenvalue weighted by molar-refractivity contribution is -0.117. The molecule has 1 N–H and O–H groups in total. The molecule has 9 heteroatoms. The maximum Gasteiger partial charge on any atom is 0.257 e. The van der Waals surface area contributed by atoms with Crippen LogP contribution in [0.4, 0.5) is 11.5 Å². The molecule has 0 radical (unpaired) electrons. The summed E-state index contributed by atoms with van der Waals surface area (Å²) in [5.74, 6) is 0.0710. The van der Waals surface area contributed by atoms with Crippen LogP contribution >= 0.6 is 0 Å². The van der Waals surface area contributed by atoms with Gasteiger partial charge in [0.1, 0.15) is 11.5 Å². The fourth-order valence-electron chi connectivity index (χ4n) is 4.43. The molecule has 9 nitrogen and oxygen atoms in total. The van der Waals surface area contributed by atoms with E-state index in [1.54, 1.807) is 38.7 Å². The van der Waals surface area contributed by atoms with Gasteiger partial charge < -0.3 is 10.2 Å². The van der Waals surface area contributed by atoms with E-state index in [-0.39, 0.29) is 37.1 Å². The summed E-state index contributed by atoms with van der Waals surface area (Å²) in [6, 6.07) is 10.9. The lowest BCUT2D eigenvalue weighted by Gasteiger charge is -2.48. The number of anilines is 2. The van der Waals surface area contributed by atoms with Gasteiger partial charge in [0, 0.05) is 25.5 Å². The molecule has 0 spiro atoms. The van der Waals surface area contributed by atoms with Gasteiger partial charge in [-0.3, -0.25) is 19.3 Å². The fourth-order valence-corrected chi connectivity index (χ4v) is 4.43. The van der Waals surface area contributed by atoms with Gasteiger partial charge in [0.2, 0.25) is 11.8 Å². The van der Waals surface area contributed by atoms with Crippen molar-refractivity contribution in [1.29, 1.82) is 5.26 Å². The number of nitriles is 1. The molecule has 1 saturated heterocycles.